The largest absolute Gasteiger partial charge is 0.419 e. The summed E-state index contributed by atoms with van der Waals surface area (Å²) in [7, 11) is 0. The highest BCUT2D eigenvalue weighted by Gasteiger charge is 2.40. The molecule has 0 radical (unpaired) electrons. The third kappa shape index (κ3) is 2.45. The number of benzene rings is 1. The fourth-order valence-corrected chi connectivity index (χ4v) is 1.57. The molecule has 1 aromatic rings. The Morgan fingerprint density at radius 2 is 1.67 bits per heavy atom. The molecule has 0 aliphatic carbocycles. The molecular formula is C8H3BrF6. The lowest BCUT2D eigenvalue weighted by Gasteiger charge is -2.14. The molecule has 0 nitrogen and oxygen atoms in total. The van der Waals surface area contributed by atoms with Gasteiger partial charge in [0.1, 0.15) is 11.4 Å². The van der Waals surface area contributed by atoms with Gasteiger partial charge in [-0.05, 0) is 12.1 Å². The van der Waals surface area contributed by atoms with E-state index >= 15 is 0 Å². The van der Waals surface area contributed by atoms with E-state index < -0.39 is 34.0 Å². The van der Waals surface area contributed by atoms with Gasteiger partial charge in [0.2, 0.25) is 0 Å². The van der Waals surface area contributed by atoms with Gasteiger partial charge in [0.15, 0.2) is 0 Å². The van der Waals surface area contributed by atoms with Crippen LogP contribution in [-0.4, -0.2) is 0 Å². The van der Waals surface area contributed by atoms with Gasteiger partial charge < -0.3 is 0 Å². The van der Waals surface area contributed by atoms with Crippen LogP contribution in [0.25, 0.3) is 0 Å². The smallest absolute Gasteiger partial charge is 0.206 e. The van der Waals surface area contributed by atoms with Crippen molar-refractivity contribution >= 4 is 15.9 Å². The van der Waals surface area contributed by atoms with E-state index in [4.69, 9.17) is 0 Å². The molecule has 1 aromatic carbocycles. The molecular weight excluding hydrogens is 290 g/mol. The summed E-state index contributed by atoms with van der Waals surface area (Å²) in [6, 6.07) is 1.30. The molecule has 0 saturated carbocycles. The van der Waals surface area contributed by atoms with Crippen LogP contribution in [-0.2, 0) is 6.18 Å². The highest BCUT2D eigenvalue weighted by atomic mass is 79.9. The van der Waals surface area contributed by atoms with Crippen LogP contribution < -0.4 is 0 Å². The second-order valence-electron chi connectivity index (χ2n) is 2.62. The topological polar surface area (TPSA) is 0 Å². The lowest BCUT2D eigenvalue weighted by molar-refractivity contribution is -0.142. The van der Waals surface area contributed by atoms with E-state index in [1.807, 2.05) is 0 Å². The van der Waals surface area contributed by atoms with Crippen molar-refractivity contribution in [1.82, 2.24) is 0 Å². The summed E-state index contributed by atoms with van der Waals surface area (Å²) in [5.41, 5.74) is -3.30. The van der Waals surface area contributed by atoms with E-state index in [1.54, 1.807) is 0 Å². The summed E-state index contributed by atoms with van der Waals surface area (Å²) in [5.74, 6) is -1.71. The fraction of sp³-hybridized carbons (Fsp3) is 0.250. The molecule has 0 aliphatic rings. The lowest BCUT2D eigenvalue weighted by Crippen LogP contribution is -2.13. The van der Waals surface area contributed by atoms with Crippen LogP contribution in [0.15, 0.2) is 16.6 Å². The van der Waals surface area contributed by atoms with Gasteiger partial charge in [0, 0.05) is 10.0 Å². The first-order chi connectivity index (χ1) is 6.75. The van der Waals surface area contributed by atoms with E-state index in [0.29, 0.717) is 6.07 Å². The van der Waals surface area contributed by atoms with Gasteiger partial charge in [-0.1, -0.05) is 15.9 Å². The predicted octanol–water partition coefficient (Wildman–Crippen LogP) is 4.54. The summed E-state index contributed by atoms with van der Waals surface area (Å²) < 4.78 is 73.7. The molecule has 0 N–H and O–H groups in total. The number of hydrogen-bond donors (Lipinski definition) is 0. The Morgan fingerprint density at radius 1 is 1.13 bits per heavy atom. The zero-order valence-electron chi connectivity index (χ0n) is 6.88. The molecule has 84 valence electrons. The highest BCUT2D eigenvalue weighted by Crippen LogP contribution is 2.41. The van der Waals surface area contributed by atoms with Gasteiger partial charge >= 0.3 is 6.18 Å². The Hall–Kier alpha value is -0.720. The van der Waals surface area contributed by atoms with Crippen LogP contribution in [0.4, 0.5) is 26.3 Å². The fourth-order valence-electron chi connectivity index (χ4n) is 1.07. The summed E-state index contributed by atoms with van der Waals surface area (Å²) in [4.78, 5) is 0. The zero-order valence-corrected chi connectivity index (χ0v) is 8.46. The van der Waals surface area contributed by atoms with Crippen molar-refractivity contribution in [1.29, 1.82) is 0 Å². The Balaban J connectivity index is 3.53. The summed E-state index contributed by atoms with van der Waals surface area (Å²) >= 11 is 2.53. The average molecular weight is 293 g/mol. The monoisotopic (exact) mass is 292 g/mol. The summed E-state index contributed by atoms with van der Waals surface area (Å²) in [5, 5.41) is 0. The number of halogens is 7. The Kier molecular flexibility index (Phi) is 3.32. The second kappa shape index (κ2) is 4.03. The second-order valence-corrected chi connectivity index (χ2v) is 3.47. The third-order valence-corrected chi connectivity index (χ3v) is 2.33. The van der Waals surface area contributed by atoms with Crippen LogP contribution in [0.5, 0.6) is 0 Å². The molecule has 0 bridgehead atoms. The predicted molar refractivity (Wildman–Crippen MR) is 44.1 cm³/mol. The van der Waals surface area contributed by atoms with E-state index in [-0.39, 0.29) is 0 Å². The van der Waals surface area contributed by atoms with Gasteiger partial charge in [-0.2, -0.15) is 13.2 Å². The normalized spacial score (nSPS) is 12.3. The van der Waals surface area contributed by atoms with Crippen molar-refractivity contribution < 1.29 is 26.3 Å². The average Bonchev–Trinajstić information content (AvgIpc) is 2.05. The van der Waals surface area contributed by atoms with E-state index in [1.165, 1.54) is 0 Å². The van der Waals surface area contributed by atoms with Gasteiger partial charge in [-0.3, -0.25) is 0 Å². The molecule has 15 heavy (non-hydrogen) atoms. The molecule has 0 spiro atoms. The number of rotatable bonds is 1. The van der Waals surface area contributed by atoms with E-state index in [2.05, 4.69) is 15.9 Å². The van der Waals surface area contributed by atoms with Gasteiger partial charge in [-0.15, -0.1) is 0 Å². The Morgan fingerprint density at radius 3 is 2.00 bits per heavy atom. The lowest BCUT2D eigenvalue weighted by atomic mass is 10.1. The molecule has 0 aromatic heterocycles. The van der Waals surface area contributed by atoms with Crippen molar-refractivity contribution in [2.24, 2.45) is 0 Å². The maximum Gasteiger partial charge on any atom is 0.419 e. The molecule has 0 heterocycles. The minimum absolute atomic E-state index is 0.466. The van der Waals surface area contributed by atoms with Gasteiger partial charge in [-0.25, -0.2) is 13.2 Å². The van der Waals surface area contributed by atoms with Crippen LogP contribution in [0.2, 0.25) is 0 Å². The minimum Gasteiger partial charge on any atom is -0.206 e. The minimum atomic E-state index is -5.14. The van der Waals surface area contributed by atoms with Crippen molar-refractivity contribution in [2.45, 2.75) is 12.6 Å². The van der Waals surface area contributed by atoms with Crippen molar-refractivity contribution in [2.75, 3.05) is 0 Å². The van der Waals surface area contributed by atoms with Crippen LogP contribution >= 0.6 is 15.9 Å². The summed E-state index contributed by atoms with van der Waals surface area (Å²) in [6.07, 6.45) is -8.54. The molecule has 0 atom stereocenters. The Labute approximate surface area is 89.0 Å². The zero-order chi connectivity index (χ0) is 11.8. The van der Waals surface area contributed by atoms with Crippen LogP contribution in [0.1, 0.15) is 17.6 Å². The molecule has 0 amide bonds. The summed E-state index contributed by atoms with van der Waals surface area (Å²) in [6.45, 7) is 0. The molecule has 1 rings (SSSR count). The standard InChI is InChI=1S/C8H3BrF6/c9-3-1-2-4(10)6(8(13,14)15)5(3)7(11)12/h1-2,7H. The molecule has 7 heteroatoms. The van der Waals surface area contributed by atoms with Crippen LogP contribution in [0, 0.1) is 5.82 Å². The molecule has 0 saturated heterocycles. The number of hydrogen-bond acceptors (Lipinski definition) is 0. The molecule has 0 fully saturated rings. The number of alkyl halides is 5. The first-order valence-corrected chi connectivity index (χ1v) is 4.37. The van der Waals surface area contributed by atoms with Crippen molar-refractivity contribution in [3.8, 4) is 0 Å². The van der Waals surface area contributed by atoms with Crippen LogP contribution in [0.3, 0.4) is 0 Å². The molecule has 0 aliphatic heterocycles. The SMILES string of the molecule is Fc1ccc(Br)c(C(F)F)c1C(F)(F)F. The maximum atomic E-state index is 12.8. The maximum absolute atomic E-state index is 12.8. The Bertz CT molecular complexity index is 370. The third-order valence-electron chi connectivity index (χ3n) is 1.64. The van der Waals surface area contributed by atoms with Crippen molar-refractivity contribution in [3.63, 3.8) is 0 Å². The first kappa shape index (κ1) is 12.4. The quantitative estimate of drug-likeness (QED) is 0.667. The van der Waals surface area contributed by atoms with Crippen molar-refractivity contribution in [3.05, 3.63) is 33.5 Å². The van der Waals surface area contributed by atoms with Gasteiger partial charge in [0.25, 0.3) is 6.43 Å². The highest BCUT2D eigenvalue weighted by molar-refractivity contribution is 9.10. The first-order valence-electron chi connectivity index (χ1n) is 3.58. The van der Waals surface area contributed by atoms with E-state index in [0.717, 1.165) is 6.07 Å². The molecule has 0 unspecified atom stereocenters. The van der Waals surface area contributed by atoms with E-state index in [9.17, 15) is 26.3 Å². The van der Waals surface area contributed by atoms with Gasteiger partial charge in [0.05, 0.1) is 0 Å².